The zero-order valence-electron chi connectivity index (χ0n) is 15.6. The molecular formula is C23H19FN2O2. The van der Waals surface area contributed by atoms with Gasteiger partial charge in [-0.3, -0.25) is 0 Å². The van der Waals surface area contributed by atoms with Crippen molar-refractivity contribution in [1.29, 1.82) is 0 Å². The van der Waals surface area contributed by atoms with E-state index in [0.717, 1.165) is 28.1 Å². The molecule has 0 bridgehead atoms. The van der Waals surface area contributed by atoms with Gasteiger partial charge in [0.2, 0.25) is 0 Å². The standard InChI is InChI=1S/C23H19FN2O2/c1-27-19-12-17(13-20(14-19)28-2)23-25-21(15-6-4-3-5-7-15)22(26-23)16-8-10-18(24)11-9-16/h3-14H,1-2H3,(H,25,26). The summed E-state index contributed by atoms with van der Waals surface area (Å²) in [6.45, 7) is 0. The second kappa shape index (κ2) is 7.56. The average molecular weight is 374 g/mol. The molecule has 4 nitrogen and oxygen atoms in total. The molecule has 5 heteroatoms. The summed E-state index contributed by atoms with van der Waals surface area (Å²) >= 11 is 0. The minimum Gasteiger partial charge on any atom is -0.497 e. The summed E-state index contributed by atoms with van der Waals surface area (Å²) in [6.07, 6.45) is 0. The number of aromatic nitrogens is 2. The van der Waals surface area contributed by atoms with Crippen molar-refractivity contribution < 1.29 is 13.9 Å². The van der Waals surface area contributed by atoms with Crippen molar-refractivity contribution in [2.45, 2.75) is 0 Å². The summed E-state index contributed by atoms with van der Waals surface area (Å²) in [4.78, 5) is 8.23. The number of halogens is 1. The van der Waals surface area contributed by atoms with E-state index >= 15 is 0 Å². The molecule has 0 saturated heterocycles. The van der Waals surface area contributed by atoms with E-state index in [1.165, 1.54) is 12.1 Å². The normalized spacial score (nSPS) is 10.7. The molecule has 0 aliphatic carbocycles. The zero-order chi connectivity index (χ0) is 19.5. The summed E-state index contributed by atoms with van der Waals surface area (Å²) in [7, 11) is 3.22. The van der Waals surface area contributed by atoms with Crippen molar-refractivity contribution in [2.75, 3.05) is 14.2 Å². The van der Waals surface area contributed by atoms with Crippen LogP contribution in [0.3, 0.4) is 0 Å². The Balaban J connectivity index is 1.90. The Kier molecular flexibility index (Phi) is 4.81. The number of imidazole rings is 1. The van der Waals surface area contributed by atoms with Gasteiger partial charge in [0, 0.05) is 22.8 Å². The molecule has 0 spiro atoms. The van der Waals surface area contributed by atoms with Crippen molar-refractivity contribution >= 4 is 0 Å². The van der Waals surface area contributed by atoms with Gasteiger partial charge in [0.1, 0.15) is 23.1 Å². The van der Waals surface area contributed by atoms with Crippen LogP contribution in [0.5, 0.6) is 11.5 Å². The lowest BCUT2D eigenvalue weighted by Crippen LogP contribution is -1.90. The van der Waals surface area contributed by atoms with E-state index in [9.17, 15) is 4.39 Å². The van der Waals surface area contributed by atoms with E-state index in [-0.39, 0.29) is 5.82 Å². The van der Waals surface area contributed by atoms with Crippen LogP contribution in [0.4, 0.5) is 4.39 Å². The number of nitrogens with zero attached hydrogens (tertiary/aromatic N) is 1. The second-order valence-corrected chi connectivity index (χ2v) is 6.28. The highest BCUT2D eigenvalue weighted by Gasteiger charge is 2.16. The number of rotatable bonds is 5. The van der Waals surface area contributed by atoms with Crippen LogP contribution in [0.1, 0.15) is 0 Å². The van der Waals surface area contributed by atoms with Crippen molar-refractivity contribution in [3.05, 3.63) is 78.6 Å². The summed E-state index contributed by atoms with van der Waals surface area (Å²) in [6, 6.07) is 21.9. The molecule has 4 aromatic rings. The van der Waals surface area contributed by atoms with Crippen molar-refractivity contribution in [1.82, 2.24) is 9.97 Å². The van der Waals surface area contributed by atoms with Crippen molar-refractivity contribution in [3.8, 4) is 45.4 Å². The van der Waals surface area contributed by atoms with Gasteiger partial charge in [0.05, 0.1) is 25.6 Å². The molecule has 1 aromatic heterocycles. The molecule has 1 N–H and O–H groups in total. The number of benzene rings is 3. The molecule has 0 saturated carbocycles. The largest absolute Gasteiger partial charge is 0.497 e. The van der Waals surface area contributed by atoms with Gasteiger partial charge in [-0.15, -0.1) is 0 Å². The van der Waals surface area contributed by atoms with Crippen LogP contribution in [0.15, 0.2) is 72.8 Å². The highest BCUT2D eigenvalue weighted by atomic mass is 19.1. The van der Waals surface area contributed by atoms with Crippen molar-refractivity contribution in [2.24, 2.45) is 0 Å². The Labute approximate surface area is 162 Å². The number of aromatic amines is 1. The van der Waals surface area contributed by atoms with Gasteiger partial charge < -0.3 is 14.5 Å². The molecule has 0 aliphatic rings. The summed E-state index contributed by atoms with van der Waals surface area (Å²) in [5.74, 6) is 1.75. The lowest BCUT2D eigenvalue weighted by molar-refractivity contribution is 0.394. The quantitative estimate of drug-likeness (QED) is 0.497. The van der Waals surface area contributed by atoms with Crippen LogP contribution in [0.2, 0.25) is 0 Å². The Morgan fingerprint density at radius 3 is 2.00 bits per heavy atom. The number of ether oxygens (including phenoxy) is 2. The maximum atomic E-state index is 13.4. The van der Waals surface area contributed by atoms with Crippen molar-refractivity contribution in [3.63, 3.8) is 0 Å². The van der Waals surface area contributed by atoms with Gasteiger partial charge in [-0.2, -0.15) is 0 Å². The minimum absolute atomic E-state index is 0.276. The molecule has 3 aromatic carbocycles. The monoisotopic (exact) mass is 374 g/mol. The molecule has 1 heterocycles. The third-order valence-corrected chi connectivity index (χ3v) is 4.51. The van der Waals surface area contributed by atoms with E-state index in [1.54, 1.807) is 26.4 Å². The highest BCUT2D eigenvalue weighted by molar-refractivity contribution is 5.81. The van der Waals surface area contributed by atoms with E-state index in [2.05, 4.69) is 4.98 Å². The number of H-pyrrole nitrogens is 1. The summed E-state index contributed by atoms with van der Waals surface area (Å²) in [5, 5.41) is 0. The summed E-state index contributed by atoms with van der Waals surface area (Å²) < 4.78 is 24.2. The van der Waals surface area contributed by atoms with Gasteiger partial charge >= 0.3 is 0 Å². The Bertz CT molecular complexity index is 1070. The van der Waals surface area contributed by atoms with E-state index in [1.807, 2.05) is 48.5 Å². The Morgan fingerprint density at radius 2 is 1.39 bits per heavy atom. The maximum Gasteiger partial charge on any atom is 0.138 e. The highest BCUT2D eigenvalue weighted by Crippen LogP contribution is 2.35. The van der Waals surface area contributed by atoms with Gasteiger partial charge in [-0.05, 0) is 36.4 Å². The van der Waals surface area contributed by atoms with E-state index in [4.69, 9.17) is 14.5 Å². The summed E-state index contributed by atoms with van der Waals surface area (Å²) in [5.41, 5.74) is 4.28. The Hall–Kier alpha value is -3.60. The number of hydrogen-bond donors (Lipinski definition) is 1. The third kappa shape index (κ3) is 3.47. The average Bonchev–Trinajstić information content (AvgIpc) is 3.20. The second-order valence-electron chi connectivity index (χ2n) is 6.28. The van der Waals surface area contributed by atoms with E-state index in [0.29, 0.717) is 17.3 Å². The first kappa shape index (κ1) is 17.8. The molecule has 0 atom stereocenters. The molecular weight excluding hydrogens is 355 g/mol. The molecule has 0 fully saturated rings. The fourth-order valence-corrected chi connectivity index (χ4v) is 3.08. The van der Waals surface area contributed by atoms with Gasteiger partial charge in [-0.25, -0.2) is 9.37 Å². The number of hydrogen-bond acceptors (Lipinski definition) is 3. The molecule has 28 heavy (non-hydrogen) atoms. The predicted molar refractivity (Wildman–Crippen MR) is 108 cm³/mol. The van der Waals surface area contributed by atoms with Crippen LogP contribution < -0.4 is 9.47 Å². The minimum atomic E-state index is -0.276. The van der Waals surface area contributed by atoms with Crippen LogP contribution in [0, 0.1) is 5.82 Å². The number of nitrogens with one attached hydrogen (secondary N) is 1. The lowest BCUT2D eigenvalue weighted by atomic mass is 10.1. The SMILES string of the molecule is COc1cc(OC)cc(-c2nc(-c3ccccc3)c(-c3ccc(F)cc3)[nH]2)c1. The van der Waals surface area contributed by atoms with Crippen LogP contribution in [0.25, 0.3) is 33.9 Å². The Morgan fingerprint density at radius 1 is 0.750 bits per heavy atom. The first-order chi connectivity index (χ1) is 13.7. The van der Waals surface area contributed by atoms with Crippen LogP contribution in [-0.2, 0) is 0 Å². The molecule has 0 amide bonds. The number of methoxy groups -OCH3 is 2. The fraction of sp³-hybridized carbons (Fsp3) is 0.0870. The van der Waals surface area contributed by atoms with Gasteiger partial charge in [0.15, 0.2) is 0 Å². The fourth-order valence-electron chi connectivity index (χ4n) is 3.08. The first-order valence-corrected chi connectivity index (χ1v) is 8.83. The van der Waals surface area contributed by atoms with Gasteiger partial charge in [-0.1, -0.05) is 30.3 Å². The van der Waals surface area contributed by atoms with E-state index < -0.39 is 0 Å². The predicted octanol–water partition coefficient (Wildman–Crippen LogP) is 5.57. The molecule has 4 rings (SSSR count). The van der Waals surface area contributed by atoms with Gasteiger partial charge in [0.25, 0.3) is 0 Å². The maximum absolute atomic E-state index is 13.4. The topological polar surface area (TPSA) is 47.1 Å². The molecule has 140 valence electrons. The zero-order valence-corrected chi connectivity index (χ0v) is 15.6. The third-order valence-electron chi connectivity index (χ3n) is 4.51. The smallest absolute Gasteiger partial charge is 0.138 e. The lowest BCUT2D eigenvalue weighted by Gasteiger charge is -2.06. The molecule has 0 aliphatic heterocycles. The molecule has 0 unspecified atom stereocenters. The first-order valence-electron chi connectivity index (χ1n) is 8.83. The van der Waals surface area contributed by atoms with Crippen LogP contribution in [-0.4, -0.2) is 24.2 Å². The molecule has 0 radical (unpaired) electrons. The van der Waals surface area contributed by atoms with Crippen LogP contribution >= 0.6 is 0 Å².